The number of nitrogens with two attached hydrogens (primary N) is 1. The Morgan fingerprint density at radius 1 is 0.857 bits per heavy atom. The minimum Gasteiger partial charge on any atom is -0.478 e. The van der Waals surface area contributed by atoms with Gasteiger partial charge in [-0.05, 0) is 12.1 Å². The van der Waals surface area contributed by atoms with Crippen LogP contribution in [-0.4, -0.2) is 56.5 Å². The number of aromatic nitrogens is 8. The van der Waals surface area contributed by atoms with Crippen LogP contribution in [0.1, 0.15) is 20.7 Å². The first kappa shape index (κ1) is 27.7. The second kappa shape index (κ2) is 12.8. The number of hydrogen-bond donors (Lipinski definition) is 3. The molecule has 0 unspecified atom stereocenters. The van der Waals surface area contributed by atoms with Gasteiger partial charge in [-0.2, -0.15) is 15.2 Å². The Hall–Kier alpha value is -3.52. The van der Waals surface area contributed by atoms with E-state index in [4.69, 9.17) is 57.2 Å². The Morgan fingerprint density at radius 3 is 1.74 bits per heavy atom. The summed E-state index contributed by atoms with van der Waals surface area (Å²) in [6.07, 6.45) is 5.16. The van der Waals surface area contributed by atoms with Crippen LogP contribution in [0.15, 0.2) is 37.2 Å². The molecule has 13 nitrogen and oxygen atoms in total. The lowest BCUT2D eigenvalue weighted by atomic mass is 10.3. The van der Waals surface area contributed by atoms with Crippen molar-refractivity contribution in [1.29, 1.82) is 0 Å². The van der Waals surface area contributed by atoms with Gasteiger partial charge < -0.3 is 10.8 Å². The van der Waals surface area contributed by atoms with Crippen molar-refractivity contribution in [3.8, 4) is 0 Å². The topological polar surface area (TPSA) is 180 Å². The number of carbonyl (C=O) groups is 2. The number of carboxylic acids is 1. The van der Waals surface area contributed by atoms with Crippen LogP contribution in [0.4, 0.5) is 11.9 Å². The summed E-state index contributed by atoms with van der Waals surface area (Å²) in [6.45, 7) is 0. The number of halogens is 4. The van der Waals surface area contributed by atoms with E-state index < -0.39 is 11.9 Å². The SMILES string of the molecule is Cn1ncnc1N.Cn1ncnc1NC(=O)c1cnc(Cl)cc1Cl.O=C(O)c1cnc(Cl)cc1Cl. The van der Waals surface area contributed by atoms with E-state index in [-0.39, 0.29) is 31.5 Å². The van der Waals surface area contributed by atoms with E-state index in [1.54, 1.807) is 14.1 Å². The van der Waals surface area contributed by atoms with Crippen LogP contribution in [0, 0.1) is 0 Å². The third kappa shape index (κ3) is 8.33. The lowest BCUT2D eigenvalue weighted by Crippen LogP contribution is -2.16. The number of aryl methyl sites for hydroxylation is 2. The van der Waals surface area contributed by atoms with Crippen LogP contribution in [0.2, 0.25) is 20.4 Å². The average Bonchev–Trinajstić information content (AvgIpc) is 3.35. The molecule has 0 aromatic carbocycles. The quantitative estimate of drug-likeness (QED) is 0.314. The van der Waals surface area contributed by atoms with Crippen molar-refractivity contribution in [1.82, 2.24) is 39.5 Å². The van der Waals surface area contributed by atoms with Gasteiger partial charge in [0.1, 0.15) is 23.0 Å². The van der Waals surface area contributed by atoms with Gasteiger partial charge in [-0.15, -0.1) is 0 Å². The first-order valence-electron chi connectivity index (χ1n) is 9.09. The summed E-state index contributed by atoms with van der Waals surface area (Å²) < 4.78 is 2.93. The van der Waals surface area contributed by atoms with Crippen LogP contribution in [0.25, 0.3) is 0 Å². The summed E-state index contributed by atoms with van der Waals surface area (Å²) in [6, 6.07) is 2.68. The fourth-order valence-corrected chi connectivity index (χ4v) is 2.92. The third-order valence-electron chi connectivity index (χ3n) is 3.80. The van der Waals surface area contributed by atoms with Gasteiger partial charge in [-0.3, -0.25) is 10.1 Å². The molecule has 0 aliphatic heterocycles. The molecule has 4 aromatic heterocycles. The molecule has 0 saturated carbocycles. The van der Waals surface area contributed by atoms with Gasteiger partial charge in [0.15, 0.2) is 0 Å². The Morgan fingerprint density at radius 2 is 1.37 bits per heavy atom. The van der Waals surface area contributed by atoms with Crippen LogP contribution in [-0.2, 0) is 14.1 Å². The molecule has 35 heavy (non-hydrogen) atoms. The van der Waals surface area contributed by atoms with Crippen LogP contribution in [0.5, 0.6) is 0 Å². The highest BCUT2D eigenvalue weighted by Gasteiger charge is 2.14. The van der Waals surface area contributed by atoms with Crippen molar-refractivity contribution in [2.75, 3.05) is 11.1 Å². The van der Waals surface area contributed by atoms with Crippen LogP contribution in [0.3, 0.4) is 0 Å². The second-order valence-corrected chi connectivity index (χ2v) is 7.77. The molecular formula is C18H16Cl4N10O3. The number of carboxylic acid groups (broad SMARTS) is 1. The zero-order valence-electron chi connectivity index (χ0n) is 17.9. The summed E-state index contributed by atoms with van der Waals surface area (Å²) in [4.78, 5) is 37.1. The van der Waals surface area contributed by atoms with E-state index in [1.165, 1.54) is 40.3 Å². The maximum Gasteiger partial charge on any atom is 0.338 e. The normalized spacial score (nSPS) is 9.89. The minimum atomic E-state index is -1.11. The van der Waals surface area contributed by atoms with Gasteiger partial charge in [0, 0.05) is 26.5 Å². The summed E-state index contributed by atoms with van der Waals surface area (Å²) in [5, 5.41) is 19.3. The monoisotopic (exact) mass is 560 g/mol. The standard InChI is InChI=1S/C9H7Cl2N5O.C6H3Cl2NO2.C3H6N4/c1-16-9(13-4-14-16)15-8(17)5-3-12-7(11)2-6(5)10;7-4-1-5(8)9-2-3(4)6(10)11;1-7-3(4)5-2-6-7/h2-4H,1H3,(H,13,14,15,17);1-2H,(H,10,11);2H,1H3,(H2,4,5,6). The lowest BCUT2D eigenvalue weighted by molar-refractivity contribution is 0.0696. The molecule has 0 radical (unpaired) electrons. The van der Waals surface area contributed by atoms with Gasteiger partial charge in [0.25, 0.3) is 5.91 Å². The fourth-order valence-electron chi connectivity index (χ4n) is 2.02. The fraction of sp³-hybridized carbons (Fsp3) is 0.111. The van der Waals surface area contributed by atoms with E-state index in [0.717, 1.165) is 6.20 Å². The number of rotatable bonds is 3. The molecule has 4 heterocycles. The molecular weight excluding hydrogens is 546 g/mol. The molecule has 1 amide bonds. The molecule has 0 saturated heterocycles. The smallest absolute Gasteiger partial charge is 0.338 e. The third-order valence-corrected chi connectivity index (χ3v) is 4.84. The maximum atomic E-state index is 11.8. The molecule has 17 heteroatoms. The maximum absolute atomic E-state index is 11.8. The Labute approximate surface area is 217 Å². The van der Waals surface area contributed by atoms with E-state index in [2.05, 4.69) is 35.5 Å². The Bertz CT molecular complexity index is 1310. The Kier molecular flexibility index (Phi) is 10.1. The van der Waals surface area contributed by atoms with Crippen LogP contribution < -0.4 is 11.1 Å². The van der Waals surface area contributed by atoms with Crippen LogP contribution >= 0.6 is 46.4 Å². The lowest BCUT2D eigenvalue weighted by Gasteiger charge is -2.05. The largest absolute Gasteiger partial charge is 0.478 e. The van der Waals surface area contributed by atoms with Crippen molar-refractivity contribution < 1.29 is 14.7 Å². The molecule has 0 fully saturated rings. The second-order valence-electron chi connectivity index (χ2n) is 6.18. The molecule has 4 N–H and O–H groups in total. The predicted molar refractivity (Wildman–Crippen MR) is 130 cm³/mol. The van der Waals surface area contributed by atoms with Gasteiger partial charge in [0.05, 0.1) is 21.2 Å². The zero-order chi connectivity index (χ0) is 26.1. The van der Waals surface area contributed by atoms with Crippen molar-refractivity contribution in [3.63, 3.8) is 0 Å². The summed E-state index contributed by atoms with van der Waals surface area (Å²) >= 11 is 22.5. The number of nitrogen functional groups attached to an aromatic ring is 1. The number of hydrogen-bond acceptors (Lipinski definition) is 9. The first-order chi connectivity index (χ1) is 16.5. The highest BCUT2D eigenvalue weighted by molar-refractivity contribution is 6.36. The van der Waals surface area contributed by atoms with E-state index in [1.807, 2.05) is 0 Å². The number of aromatic carboxylic acids is 1. The highest BCUT2D eigenvalue weighted by Crippen LogP contribution is 2.19. The number of pyridine rings is 2. The minimum absolute atomic E-state index is 0.0453. The van der Waals surface area contributed by atoms with Crippen molar-refractivity contribution in [3.05, 3.63) is 68.7 Å². The molecule has 4 rings (SSSR count). The number of nitrogens with zero attached hydrogens (tertiary/aromatic N) is 8. The van der Waals surface area contributed by atoms with Gasteiger partial charge >= 0.3 is 5.97 Å². The average molecular weight is 562 g/mol. The molecule has 0 atom stereocenters. The molecule has 0 bridgehead atoms. The molecule has 0 aliphatic carbocycles. The number of anilines is 2. The van der Waals surface area contributed by atoms with Gasteiger partial charge in [-0.1, -0.05) is 46.4 Å². The number of nitrogens with one attached hydrogen (secondary N) is 1. The molecule has 184 valence electrons. The van der Waals surface area contributed by atoms with Crippen molar-refractivity contribution >= 4 is 70.2 Å². The van der Waals surface area contributed by atoms with E-state index in [9.17, 15) is 9.59 Å². The summed E-state index contributed by atoms with van der Waals surface area (Å²) in [5.41, 5.74) is 5.41. The number of carbonyl (C=O) groups excluding carboxylic acids is 1. The van der Waals surface area contributed by atoms with E-state index >= 15 is 0 Å². The summed E-state index contributed by atoms with van der Waals surface area (Å²) in [7, 11) is 3.40. The highest BCUT2D eigenvalue weighted by atomic mass is 35.5. The number of amides is 1. The van der Waals surface area contributed by atoms with E-state index in [0.29, 0.717) is 11.9 Å². The van der Waals surface area contributed by atoms with Crippen molar-refractivity contribution in [2.24, 2.45) is 14.1 Å². The van der Waals surface area contributed by atoms with Crippen molar-refractivity contribution in [2.45, 2.75) is 0 Å². The molecule has 4 aromatic rings. The van der Waals surface area contributed by atoms with Gasteiger partial charge in [-0.25, -0.2) is 29.1 Å². The predicted octanol–water partition coefficient (Wildman–Crippen LogP) is 3.25. The summed E-state index contributed by atoms with van der Waals surface area (Å²) in [5.74, 6) is -0.768. The van der Waals surface area contributed by atoms with Gasteiger partial charge in [0.2, 0.25) is 11.9 Å². The Balaban J connectivity index is 0.000000205. The molecule has 0 aliphatic rings. The molecule has 0 spiro atoms. The zero-order valence-corrected chi connectivity index (χ0v) is 20.9. The first-order valence-corrected chi connectivity index (χ1v) is 10.6.